The van der Waals surface area contributed by atoms with Crippen molar-refractivity contribution in [1.29, 1.82) is 0 Å². The smallest absolute Gasteiger partial charge is 0.305 e. The second-order valence-corrected chi connectivity index (χ2v) is 24.2. The van der Waals surface area contributed by atoms with E-state index in [0.717, 1.165) is 57.8 Å². The standard InChI is InChI=1S/C73H137NO5/c1-3-5-7-9-11-13-15-17-19-21-31-35-39-43-47-51-55-59-63-67-73(78)79-68-64-60-56-52-48-44-40-36-33-30-28-26-24-22-23-25-27-29-32-34-38-42-46-50-54-58-62-66-72(77)74-70(69-75)71(76)65-61-57-53-49-45-41-37-20-18-16-14-12-10-8-6-4-2/h11,13,17,19,22-23,26,28,70-71,75-76H,3-10,12,14-16,18,20-21,24-25,27,29-69H2,1-2H3,(H,74,77)/b13-11-,19-17-,23-22-,28-26-. The van der Waals surface area contributed by atoms with Crippen LogP contribution < -0.4 is 5.32 Å². The summed E-state index contributed by atoms with van der Waals surface area (Å²) in [5.41, 5.74) is 0. The molecule has 3 N–H and O–H groups in total. The molecule has 464 valence electrons. The topological polar surface area (TPSA) is 95.9 Å². The molecule has 0 bridgehead atoms. The van der Waals surface area contributed by atoms with Crippen LogP contribution in [0.1, 0.15) is 380 Å². The summed E-state index contributed by atoms with van der Waals surface area (Å²) in [6, 6.07) is -0.545. The van der Waals surface area contributed by atoms with Gasteiger partial charge >= 0.3 is 5.97 Å². The minimum absolute atomic E-state index is 0.00709. The molecular formula is C73H137NO5. The van der Waals surface area contributed by atoms with Crippen molar-refractivity contribution in [1.82, 2.24) is 5.32 Å². The maximum atomic E-state index is 12.5. The molecule has 0 heterocycles. The first-order valence-corrected chi connectivity index (χ1v) is 35.4. The van der Waals surface area contributed by atoms with Crippen LogP contribution in [0.25, 0.3) is 0 Å². The van der Waals surface area contributed by atoms with E-state index in [2.05, 4.69) is 67.8 Å². The third-order valence-corrected chi connectivity index (χ3v) is 16.4. The highest BCUT2D eigenvalue weighted by molar-refractivity contribution is 5.76. The lowest BCUT2D eigenvalue weighted by atomic mass is 10.0. The van der Waals surface area contributed by atoms with Crippen LogP contribution in [0.3, 0.4) is 0 Å². The van der Waals surface area contributed by atoms with Crippen LogP contribution in [0.4, 0.5) is 0 Å². The Morgan fingerprint density at radius 1 is 0.354 bits per heavy atom. The molecule has 0 saturated carbocycles. The van der Waals surface area contributed by atoms with E-state index < -0.39 is 12.1 Å². The SMILES string of the molecule is CCCCC/C=C\C/C=C\CCCCCCCCCCCC(=O)OCCCCCCCCCCC/C=C\C/C=C\CCCCCCCCCCCCCC(=O)NC(CO)C(O)CCCCCCCCCCCCCCCCCC. The lowest BCUT2D eigenvalue weighted by molar-refractivity contribution is -0.143. The molecule has 0 saturated heterocycles. The third-order valence-electron chi connectivity index (χ3n) is 16.4. The number of esters is 1. The molecule has 0 aliphatic heterocycles. The van der Waals surface area contributed by atoms with Gasteiger partial charge in [-0.3, -0.25) is 9.59 Å². The van der Waals surface area contributed by atoms with Crippen molar-refractivity contribution < 1.29 is 24.5 Å². The number of carbonyl (C=O) groups is 2. The number of rotatable bonds is 66. The van der Waals surface area contributed by atoms with Crippen molar-refractivity contribution in [3.8, 4) is 0 Å². The lowest BCUT2D eigenvalue weighted by Crippen LogP contribution is -2.45. The molecule has 0 rings (SSSR count). The fourth-order valence-corrected chi connectivity index (χ4v) is 10.9. The second-order valence-electron chi connectivity index (χ2n) is 24.2. The predicted molar refractivity (Wildman–Crippen MR) is 347 cm³/mol. The van der Waals surface area contributed by atoms with Gasteiger partial charge in [0.05, 0.1) is 25.4 Å². The largest absolute Gasteiger partial charge is 0.466 e. The normalized spacial score (nSPS) is 12.8. The number of aliphatic hydroxyl groups is 2. The third kappa shape index (κ3) is 64.8. The molecule has 0 aromatic heterocycles. The van der Waals surface area contributed by atoms with E-state index >= 15 is 0 Å². The summed E-state index contributed by atoms with van der Waals surface area (Å²) < 4.78 is 5.50. The van der Waals surface area contributed by atoms with Gasteiger partial charge in [-0.15, -0.1) is 0 Å². The number of aliphatic hydroxyl groups excluding tert-OH is 2. The summed E-state index contributed by atoms with van der Waals surface area (Å²) in [6.45, 7) is 4.95. The predicted octanol–water partition coefficient (Wildman–Crippen LogP) is 22.9. The Morgan fingerprint density at radius 3 is 0.987 bits per heavy atom. The van der Waals surface area contributed by atoms with Gasteiger partial charge in [-0.25, -0.2) is 0 Å². The molecule has 6 heteroatoms. The van der Waals surface area contributed by atoms with E-state index in [9.17, 15) is 19.8 Å². The van der Waals surface area contributed by atoms with E-state index in [1.54, 1.807) is 0 Å². The minimum Gasteiger partial charge on any atom is -0.466 e. The maximum absolute atomic E-state index is 12.5. The quantitative estimate of drug-likeness (QED) is 0.0320. The van der Waals surface area contributed by atoms with Crippen molar-refractivity contribution >= 4 is 11.9 Å². The Labute approximate surface area is 493 Å². The number of unbranched alkanes of at least 4 members (excludes halogenated alkanes) is 47. The molecule has 0 spiro atoms. The van der Waals surface area contributed by atoms with Crippen molar-refractivity contribution in [3.63, 3.8) is 0 Å². The number of nitrogens with one attached hydrogen (secondary N) is 1. The molecule has 1 amide bonds. The zero-order chi connectivity index (χ0) is 57.1. The van der Waals surface area contributed by atoms with E-state index in [1.165, 1.54) is 289 Å². The summed E-state index contributed by atoms with van der Waals surface area (Å²) in [4.78, 5) is 24.6. The highest BCUT2D eigenvalue weighted by Crippen LogP contribution is 2.18. The monoisotopic (exact) mass is 1110 g/mol. The molecule has 0 aromatic rings. The van der Waals surface area contributed by atoms with E-state index in [0.29, 0.717) is 25.9 Å². The summed E-state index contributed by atoms with van der Waals surface area (Å²) in [5, 5.41) is 23.3. The number of hydrogen-bond donors (Lipinski definition) is 3. The van der Waals surface area contributed by atoms with Crippen molar-refractivity contribution in [3.05, 3.63) is 48.6 Å². The Bertz CT molecular complexity index is 1320. The van der Waals surface area contributed by atoms with E-state index in [4.69, 9.17) is 4.74 Å². The van der Waals surface area contributed by atoms with Gasteiger partial charge in [0.2, 0.25) is 5.91 Å². The highest BCUT2D eigenvalue weighted by Gasteiger charge is 2.20. The zero-order valence-electron chi connectivity index (χ0n) is 53.1. The molecule has 0 fully saturated rings. The van der Waals surface area contributed by atoms with Gasteiger partial charge in [0, 0.05) is 12.8 Å². The molecular weight excluding hydrogens is 971 g/mol. The van der Waals surface area contributed by atoms with Crippen LogP contribution >= 0.6 is 0 Å². The minimum atomic E-state index is -0.667. The molecule has 2 atom stereocenters. The maximum Gasteiger partial charge on any atom is 0.305 e. The number of hydrogen-bond acceptors (Lipinski definition) is 5. The molecule has 2 unspecified atom stereocenters. The summed E-state index contributed by atoms with van der Waals surface area (Å²) in [6.07, 6.45) is 88.7. The van der Waals surface area contributed by atoms with Gasteiger partial charge in [0.15, 0.2) is 0 Å². The van der Waals surface area contributed by atoms with Crippen LogP contribution in [0.2, 0.25) is 0 Å². The number of amides is 1. The van der Waals surface area contributed by atoms with Crippen LogP contribution in [0.15, 0.2) is 48.6 Å². The summed E-state index contributed by atoms with van der Waals surface area (Å²) >= 11 is 0. The number of allylic oxidation sites excluding steroid dienone is 8. The summed E-state index contributed by atoms with van der Waals surface area (Å²) in [5.74, 6) is -0.0288. The van der Waals surface area contributed by atoms with Crippen molar-refractivity contribution in [2.45, 2.75) is 392 Å². The zero-order valence-corrected chi connectivity index (χ0v) is 53.1. The van der Waals surface area contributed by atoms with E-state index in [1.807, 2.05) is 0 Å². The van der Waals surface area contributed by atoms with Crippen molar-refractivity contribution in [2.75, 3.05) is 13.2 Å². The second kappa shape index (κ2) is 68.3. The van der Waals surface area contributed by atoms with Gasteiger partial charge in [-0.1, -0.05) is 326 Å². The first kappa shape index (κ1) is 76.8. The molecule has 0 aliphatic carbocycles. The van der Waals surface area contributed by atoms with Crippen LogP contribution in [0, 0.1) is 0 Å². The van der Waals surface area contributed by atoms with Gasteiger partial charge < -0.3 is 20.3 Å². The molecule has 0 radical (unpaired) electrons. The van der Waals surface area contributed by atoms with Crippen LogP contribution in [-0.4, -0.2) is 47.4 Å². The molecule has 0 aliphatic rings. The Balaban J connectivity index is 3.41. The Kier molecular flexibility index (Phi) is 66.4. The Hall–Kier alpha value is -2.18. The fraction of sp³-hybridized carbons (Fsp3) is 0.863. The van der Waals surface area contributed by atoms with Crippen molar-refractivity contribution in [2.24, 2.45) is 0 Å². The lowest BCUT2D eigenvalue weighted by Gasteiger charge is -2.22. The first-order chi connectivity index (χ1) is 39.0. The van der Waals surface area contributed by atoms with Gasteiger partial charge in [0.1, 0.15) is 0 Å². The molecule has 0 aromatic carbocycles. The average molecular weight is 1110 g/mol. The summed E-state index contributed by atoms with van der Waals surface area (Å²) in [7, 11) is 0. The van der Waals surface area contributed by atoms with Gasteiger partial charge in [-0.05, 0) is 89.9 Å². The molecule has 79 heavy (non-hydrogen) atoms. The Morgan fingerprint density at radius 2 is 0.633 bits per heavy atom. The van der Waals surface area contributed by atoms with Gasteiger partial charge in [-0.2, -0.15) is 0 Å². The van der Waals surface area contributed by atoms with Crippen LogP contribution in [-0.2, 0) is 14.3 Å². The van der Waals surface area contributed by atoms with Gasteiger partial charge in [0.25, 0.3) is 0 Å². The average Bonchev–Trinajstić information content (AvgIpc) is 3.45. The highest BCUT2D eigenvalue weighted by atomic mass is 16.5. The van der Waals surface area contributed by atoms with Crippen LogP contribution in [0.5, 0.6) is 0 Å². The first-order valence-electron chi connectivity index (χ1n) is 35.4. The molecule has 6 nitrogen and oxygen atoms in total. The number of ether oxygens (including phenoxy) is 1. The number of carbonyl (C=O) groups excluding carboxylic acids is 2. The van der Waals surface area contributed by atoms with E-state index in [-0.39, 0.29) is 18.5 Å². The fourth-order valence-electron chi connectivity index (χ4n) is 10.9.